The number of hydrogen-bond donors (Lipinski definition) is 2. The van der Waals surface area contributed by atoms with Crippen LogP contribution in [0.25, 0.3) is 16.8 Å². The Hall–Kier alpha value is -4.32. The number of nitrogens with two attached hydrogens (primary N) is 1. The number of imidazole rings is 1. The van der Waals surface area contributed by atoms with E-state index in [-0.39, 0.29) is 17.3 Å². The number of benzene rings is 1. The van der Waals surface area contributed by atoms with Gasteiger partial charge in [-0.15, -0.1) is 0 Å². The van der Waals surface area contributed by atoms with Crippen molar-refractivity contribution in [3.63, 3.8) is 0 Å². The highest BCUT2D eigenvalue weighted by atomic mass is 19.4. The molecule has 0 aliphatic heterocycles. The van der Waals surface area contributed by atoms with Gasteiger partial charge in [-0.2, -0.15) is 13.2 Å². The van der Waals surface area contributed by atoms with Gasteiger partial charge in [-0.3, -0.25) is 9.20 Å². The van der Waals surface area contributed by atoms with E-state index in [4.69, 9.17) is 5.73 Å². The molecule has 4 rings (SSSR count). The van der Waals surface area contributed by atoms with Crippen LogP contribution in [-0.4, -0.2) is 20.3 Å². The summed E-state index contributed by atoms with van der Waals surface area (Å²) in [5.74, 6) is 5.35. The lowest BCUT2D eigenvalue weighted by atomic mass is 10.1. The number of nitrogens with zero attached hydrogens (tertiary/aromatic N) is 3. The summed E-state index contributed by atoms with van der Waals surface area (Å²) in [4.78, 5) is 19.7. The van der Waals surface area contributed by atoms with Crippen LogP contribution in [0.1, 0.15) is 23.7 Å². The van der Waals surface area contributed by atoms with E-state index in [1.807, 2.05) is 30.3 Å². The first-order valence-corrected chi connectivity index (χ1v) is 9.42. The average Bonchev–Trinajstić information content (AvgIpc) is 3.08. The van der Waals surface area contributed by atoms with Crippen LogP contribution in [0.3, 0.4) is 0 Å². The van der Waals surface area contributed by atoms with Crippen LogP contribution in [-0.2, 0) is 11.0 Å². The first-order valence-electron chi connectivity index (χ1n) is 9.42. The molecule has 160 valence electrons. The molecule has 3 aromatic heterocycles. The molecule has 0 saturated heterocycles. The minimum absolute atomic E-state index is 0.227. The molecule has 0 radical (unpaired) electrons. The Morgan fingerprint density at radius 2 is 1.84 bits per heavy atom. The molecule has 1 amide bonds. The zero-order valence-electron chi connectivity index (χ0n) is 16.7. The molecule has 4 aromatic rings. The number of hydrogen-bond acceptors (Lipinski definition) is 4. The lowest BCUT2D eigenvalue weighted by Gasteiger charge is -2.11. The van der Waals surface area contributed by atoms with Crippen molar-refractivity contribution < 1.29 is 18.0 Å². The van der Waals surface area contributed by atoms with Gasteiger partial charge in [-0.1, -0.05) is 24.1 Å². The number of nitrogens with one attached hydrogen (secondary N) is 1. The number of carbonyl (C=O) groups is 1. The Morgan fingerprint density at radius 1 is 1.09 bits per heavy atom. The normalized spacial score (nSPS) is 11.1. The van der Waals surface area contributed by atoms with E-state index in [9.17, 15) is 18.0 Å². The summed E-state index contributed by atoms with van der Waals surface area (Å²) in [7, 11) is 0. The smallest absolute Gasteiger partial charge is 0.383 e. The minimum Gasteiger partial charge on any atom is -0.383 e. The summed E-state index contributed by atoms with van der Waals surface area (Å²) in [6.07, 6.45) is -1.76. The summed E-state index contributed by atoms with van der Waals surface area (Å²) in [6, 6.07) is 13.4. The maximum absolute atomic E-state index is 13.3. The van der Waals surface area contributed by atoms with E-state index in [1.54, 1.807) is 22.7 Å². The zero-order chi connectivity index (χ0) is 22.9. The highest BCUT2D eigenvalue weighted by molar-refractivity contribution is 5.89. The maximum Gasteiger partial charge on any atom is 0.419 e. The second-order valence-corrected chi connectivity index (χ2v) is 6.91. The molecule has 0 saturated carbocycles. The summed E-state index contributed by atoms with van der Waals surface area (Å²) >= 11 is 0. The van der Waals surface area contributed by atoms with Crippen LogP contribution in [0.4, 0.5) is 24.8 Å². The number of alkyl halides is 3. The topological polar surface area (TPSA) is 85.3 Å². The molecule has 0 fully saturated rings. The summed E-state index contributed by atoms with van der Waals surface area (Å²) in [5.41, 5.74) is 6.68. The van der Waals surface area contributed by atoms with E-state index in [0.29, 0.717) is 16.9 Å². The molecule has 0 aliphatic carbocycles. The molecule has 6 nitrogen and oxygen atoms in total. The second-order valence-electron chi connectivity index (χ2n) is 6.91. The van der Waals surface area contributed by atoms with Gasteiger partial charge >= 0.3 is 6.18 Å². The van der Waals surface area contributed by atoms with Crippen molar-refractivity contribution in [2.75, 3.05) is 11.1 Å². The summed E-state index contributed by atoms with van der Waals surface area (Å²) in [5, 5.41) is 2.64. The van der Waals surface area contributed by atoms with Crippen molar-refractivity contribution in [1.29, 1.82) is 0 Å². The highest BCUT2D eigenvalue weighted by Gasteiger charge is 2.34. The van der Waals surface area contributed by atoms with E-state index in [2.05, 4.69) is 27.1 Å². The highest BCUT2D eigenvalue weighted by Crippen LogP contribution is 2.35. The van der Waals surface area contributed by atoms with Crippen LogP contribution >= 0.6 is 0 Å². The SMILES string of the molecule is CC(=O)Nc1nc2ccc(-c3cnc(N)c(C(F)(F)F)c3)cn2c1C#Cc1ccccc1. The second kappa shape index (κ2) is 8.07. The number of halogens is 3. The van der Waals surface area contributed by atoms with Gasteiger partial charge in [0.25, 0.3) is 0 Å². The van der Waals surface area contributed by atoms with Crippen molar-refractivity contribution in [2.24, 2.45) is 0 Å². The quantitative estimate of drug-likeness (QED) is 0.459. The Bertz CT molecular complexity index is 1380. The number of fused-ring (bicyclic) bond motifs is 1. The van der Waals surface area contributed by atoms with Gasteiger partial charge in [0.15, 0.2) is 5.82 Å². The average molecular weight is 435 g/mol. The molecule has 0 bridgehead atoms. The molecule has 3 heterocycles. The molecule has 0 aliphatic rings. The first-order chi connectivity index (χ1) is 15.2. The van der Waals surface area contributed by atoms with Crippen LogP contribution in [0, 0.1) is 11.8 Å². The number of nitrogen functional groups attached to an aromatic ring is 1. The van der Waals surface area contributed by atoms with Crippen molar-refractivity contribution in [1.82, 2.24) is 14.4 Å². The van der Waals surface area contributed by atoms with E-state index >= 15 is 0 Å². The Labute approximate surface area is 180 Å². The molecule has 3 N–H and O–H groups in total. The van der Waals surface area contributed by atoms with E-state index in [0.717, 1.165) is 11.6 Å². The first kappa shape index (κ1) is 20.9. The molecule has 32 heavy (non-hydrogen) atoms. The van der Waals surface area contributed by atoms with Crippen molar-refractivity contribution in [2.45, 2.75) is 13.1 Å². The summed E-state index contributed by atoms with van der Waals surface area (Å²) in [6.45, 7) is 1.35. The van der Waals surface area contributed by atoms with Crippen LogP contribution in [0.2, 0.25) is 0 Å². The molecule has 0 spiro atoms. The molecule has 0 atom stereocenters. The Kier molecular flexibility index (Phi) is 5.28. The number of pyridine rings is 2. The van der Waals surface area contributed by atoms with Gasteiger partial charge in [0.05, 0.1) is 5.56 Å². The number of amides is 1. The van der Waals surface area contributed by atoms with E-state index < -0.39 is 17.6 Å². The zero-order valence-corrected chi connectivity index (χ0v) is 16.7. The molecule has 1 aromatic carbocycles. The predicted octanol–water partition coefficient (Wildman–Crippen LogP) is 4.36. The number of carbonyl (C=O) groups excluding carboxylic acids is 1. The van der Waals surface area contributed by atoms with Gasteiger partial charge in [0.2, 0.25) is 5.91 Å². The van der Waals surface area contributed by atoms with Crippen LogP contribution in [0.15, 0.2) is 60.9 Å². The third kappa shape index (κ3) is 4.25. The van der Waals surface area contributed by atoms with Gasteiger partial charge in [-0.05, 0) is 36.3 Å². The molecule has 9 heteroatoms. The van der Waals surface area contributed by atoms with Crippen molar-refractivity contribution in [3.05, 3.63) is 77.7 Å². The fourth-order valence-electron chi connectivity index (χ4n) is 3.10. The molecule has 0 unspecified atom stereocenters. The molecular formula is C23H16F3N5O. The van der Waals surface area contributed by atoms with Gasteiger partial charge < -0.3 is 11.1 Å². The number of rotatable bonds is 2. The minimum atomic E-state index is -4.63. The maximum atomic E-state index is 13.3. The van der Waals surface area contributed by atoms with E-state index in [1.165, 1.54) is 13.1 Å². The standard InChI is InChI=1S/C23H16F3N5O/c1-14(32)29-22-19(9-7-15-5-3-2-4-6-15)31-13-16(8-10-20(31)30-22)17-11-18(23(24,25)26)21(27)28-12-17/h2-6,8,10-13H,1H3,(H2,27,28)(H,29,32). The van der Waals surface area contributed by atoms with Crippen LogP contribution in [0.5, 0.6) is 0 Å². The largest absolute Gasteiger partial charge is 0.419 e. The van der Waals surface area contributed by atoms with Crippen LogP contribution < -0.4 is 11.1 Å². The van der Waals surface area contributed by atoms with Gasteiger partial charge in [-0.25, -0.2) is 9.97 Å². The predicted molar refractivity (Wildman–Crippen MR) is 115 cm³/mol. The van der Waals surface area contributed by atoms with Crippen molar-refractivity contribution >= 4 is 23.2 Å². The third-order valence-corrected chi connectivity index (χ3v) is 4.57. The Morgan fingerprint density at radius 3 is 2.53 bits per heavy atom. The van der Waals surface area contributed by atoms with Gasteiger partial charge in [0, 0.05) is 36.0 Å². The fraction of sp³-hybridized carbons (Fsp3) is 0.0870. The lowest BCUT2D eigenvalue weighted by Crippen LogP contribution is -2.10. The lowest BCUT2D eigenvalue weighted by molar-refractivity contribution is -0.137. The third-order valence-electron chi connectivity index (χ3n) is 4.57. The number of anilines is 2. The Balaban J connectivity index is 1.87. The monoisotopic (exact) mass is 435 g/mol. The molecular weight excluding hydrogens is 419 g/mol. The van der Waals surface area contributed by atoms with Gasteiger partial charge in [0.1, 0.15) is 17.2 Å². The number of aromatic nitrogens is 3. The van der Waals surface area contributed by atoms with Crippen molar-refractivity contribution in [3.8, 4) is 23.0 Å². The summed E-state index contributed by atoms with van der Waals surface area (Å²) < 4.78 is 41.4. The fourth-order valence-corrected chi connectivity index (χ4v) is 3.10.